The minimum Gasteiger partial charge on any atom is -0.506 e. The molecule has 3 aromatic carbocycles. The van der Waals surface area contributed by atoms with Gasteiger partial charge >= 0.3 is 0 Å². The van der Waals surface area contributed by atoms with Gasteiger partial charge < -0.3 is 20.3 Å². The van der Waals surface area contributed by atoms with Crippen molar-refractivity contribution in [3.8, 4) is 22.6 Å². The molecule has 0 aliphatic carbocycles. The Hall–Kier alpha value is -3.14. The van der Waals surface area contributed by atoms with Crippen molar-refractivity contribution in [3.05, 3.63) is 78.1 Å². The lowest BCUT2D eigenvalue weighted by molar-refractivity contribution is 0.172. The second kappa shape index (κ2) is 10.4. The number of aliphatic hydroxyl groups excluding tert-OH is 1. The standard InChI is InChI=1S/C23H25FN2O5S/c1-32(29,30)26-21-14-18(6-11-22(21)27)23(28)15-25-12-13-31-20-9-4-17(5-10-20)16-2-7-19(24)8-3-16/h2-11,14,23,25-28H,12-13,15H2,1H3. The maximum atomic E-state index is 13.0. The zero-order chi connectivity index (χ0) is 23.1. The summed E-state index contributed by atoms with van der Waals surface area (Å²) in [6.45, 7) is 1.07. The molecule has 170 valence electrons. The van der Waals surface area contributed by atoms with Gasteiger partial charge in [-0.25, -0.2) is 12.8 Å². The molecule has 0 bridgehead atoms. The van der Waals surface area contributed by atoms with Crippen molar-refractivity contribution in [3.63, 3.8) is 0 Å². The predicted octanol–water partition coefficient (Wildman–Crippen LogP) is 3.27. The number of sulfonamides is 1. The Balaban J connectivity index is 1.44. The fourth-order valence-electron chi connectivity index (χ4n) is 3.03. The van der Waals surface area contributed by atoms with Crippen LogP contribution in [0.2, 0.25) is 0 Å². The van der Waals surface area contributed by atoms with E-state index in [0.29, 0.717) is 24.5 Å². The summed E-state index contributed by atoms with van der Waals surface area (Å²) in [5, 5.41) is 23.2. The molecule has 32 heavy (non-hydrogen) atoms. The lowest BCUT2D eigenvalue weighted by atomic mass is 10.1. The first-order chi connectivity index (χ1) is 15.2. The third-order valence-corrected chi connectivity index (χ3v) is 5.21. The molecule has 0 aliphatic rings. The van der Waals surface area contributed by atoms with Crippen LogP contribution in [0, 0.1) is 5.82 Å². The fourth-order valence-corrected chi connectivity index (χ4v) is 3.59. The smallest absolute Gasteiger partial charge is 0.229 e. The third-order valence-electron chi connectivity index (χ3n) is 4.62. The van der Waals surface area contributed by atoms with Gasteiger partial charge in [0.2, 0.25) is 10.0 Å². The number of anilines is 1. The molecular weight excluding hydrogens is 435 g/mol. The molecule has 4 N–H and O–H groups in total. The van der Waals surface area contributed by atoms with Crippen LogP contribution in [-0.2, 0) is 10.0 Å². The average molecular weight is 461 g/mol. The van der Waals surface area contributed by atoms with Gasteiger partial charge in [0.25, 0.3) is 0 Å². The summed E-state index contributed by atoms with van der Waals surface area (Å²) in [6, 6.07) is 18.0. The van der Waals surface area contributed by atoms with Gasteiger partial charge in [0.15, 0.2) is 0 Å². The van der Waals surface area contributed by atoms with Crippen molar-refractivity contribution in [1.82, 2.24) is 5.32 Å². The molecular formula is C23H25FN2O5S. The van der Waals surface area contributed by atoms with Crippen LogP contribution in [0.1, 0.15) is 11.7 Å². The number of hydrogen-bond donors (Lipinski definition) is 4. The summed E-state index contributed by atoms with van der Waals surface area (Å²) in [6.07, 6.45) is 0.0821. The van der Waals surface area contributed by atoms with Crippen molar-refractivity contribution in [2.75, 3.05) is 30.7 Å². The molecule has 0 saturated heterocycles. The van der Waals surface area contributed by atoms with E-state index in [1.807, 2.05) is 24.3 Å². The summed E-state index contributed by atoms with van der Waals surface area (Å²) in [5.74, 6) is 0.189. The van der Waals surface area contributed by atoms with Crippen LogP contribution < -0.4 is 14.8 Å². The van der Waals surface area contributed by atoms with Crippen molar-refractivity contribution >= 4 is 15.7 Å². The lowest BCUT2D eigenvalue weighted by Gasteiger charge is -2.15. The molecule has 0 spiro atoms. The number of phenols is 1. The maximum absolute atomic E-state index is 13.0. The van der Waals surface area contributed by atoms with Gasteiger partial charge in [0, 0.05) is 13.1 Å². The molecule has 7 nitrogen and oxygen atoms in total. The van der Waals surface area contributed by atoms with E-state index in [2.05, 4.69) is 10.0 Å². The monoisotopic (exact) mass is 460 g/mol. The molecule has 0 radical (unpaired) electrons. The molecule has 3 aromatic rings. The van der Waals surface area contributed by atoms with Crippen molar-refractivity contribution in [2.45, 2.75) is 6.10 Å². The van der Waals surface area contributed by atoms with E-state index < -0.39 is 16.1 Å². The van der Waals surface area contributed by atoms with E-state index in [1.54, 1.807) is 12.1 Å². The topological polar surface area (TPSA) is 108 Å². The first kappa shape index (κ1) is 23.5. The molecule has 1 atom stereocenters. The molecule has 0 heterocycles. The Morgan fingerprint density at radius 1 is 1.00 bits per heavy atom. The van der Waals surface area contributed by atoms with Crippen LogP contribution in [-0.4, -0.2) is 44.6 Å². The molecule has 3 rings (SSSR count). The number of benzene rings is 3. The van der Waals surface area contributed by atoms with E-state index >= 15 is 0 Å². The highest BCUT2D eigenvalue weighted by molar-refractivity contribution is 7.92. The number of hydrogen-bond acceptors (Lipinski definition) is 6. The zero-order valence-corrected chi connectivity index (χ0v) is 18.3. The summed E-state index contributed by atoms with van der Waals surface area (Å²) in [5.41, 5.74) is 2.34. The number of aromatic hydroxyl groups is 1. The minimum absolute atomic E-state index is 0.0106. The van der Waals surface area contributed by atoms with Crippen molar-refractivity contribution in [2.24, 2.45) is 0 Å². The first-order valence-electron chi connectivity index (χ1n) is 9.89. The number of aliphatic hydroxyl groups is 1. The van der Waals surface area contributed by atoms with E-state index in [9.17, 15) is 23.0 Å². The van der Waals surface area contributed by atoms with E-state index in [-0.39, 0.29) is 23.8 Å². The highest BCUT2D eigenvalue weighted by atomic mass is 32.2. The Morgan fingerprint density at radius 3 is 2.25 bits per heavy atom. The van der Waals surface area contributed by atoms with Crippen LogP contribution >= 0.6 is 0 Å². The van der Waals surface area contributed by atoms with Gasteiger partial charge in [-0.2, -0.15) is 0 Å². The van der Waals surface area contributed by atoms with Gasteiger partial charge in [-0.15, -0.1) is 0 Å². The second-order valence-corrected chi connectivity index (χ2v) is 9.00. The van der Waals surface area contributed by atoms with Crippen LogP contribution in [0.15, 0.2) is 66.7 Å². The lowest BCUT2D eigenvalue weighted by Crippen LogP contribution is -2.26. The minimum atomic E-state index is -3.55. The molecule has 0 aliphatic heterocycles. The average Bonchev–Trinajstić information content (AvgIpc) is 2.75. The summed E-state index contributed by atoms with van der Waals surface area (Å²) in [4.78, 5) is 0. The van der Waals surface area contributed by atoms with E-state index in [0.717, 1.165) is 17.4 Å². The maximum Gasteiger partial charge on any atom is 0.229 e. The predicted molar refractivity (Wildman–Crippen MR) is 122 cm³/mol. The molecule has 0 aromatic heterocycles. The highest BCUT2D eigenvalue weighted by Gasteiger charge is 2.12. The molecule has 0 amide bonds. The normalized spacial score (nSPS) is 12.3. The third kappa shape index (κ3) is 6.94. The van der Waals surface area contributed by atoms with Gasteiger partial charge in [0.05, 0.1) is 18.0 Å². The van der Waals surface area contributed by atoms with Gasteiger partial charge in [-0.05, 0) is 53.1 Å². The van der Waals surface area contributed by atoms with Crippen LogP contribution in [0.25, 0.3) is 11.1 Å². The Labute approximate surface area is 186 Å². The number of nitrogens with one attached hydrogen (secondary N) is 2. The summed E-state index contributed by atoms with van der Waals surface area (Å²) < 4.78 is 43.7. The first-order valence-corrected chi connectivity index (χ1v) is 11.8. The highest BCUT2D eigenvalue weighted by Crippen LogP contribution is 2.27. The molecule has 1 unspecified atom stereocenters. The van der Waals surface area contributed by atoms with E-state index in [1.165, 1.54) is 30.3 Å². The molecule has 9 heteroatoms. The van der Waals surface area contributed by atoms with Gasteiger partial charge in [-0.1, -0.05) is 30.3 Å². The Kier molecular flexibility index (Phi) is 7.68. The van der Waals surface area contributed by atoms with Crippen molar-refractivity contribution < 1.29 is 27.8 Å². The van der Waals surface area contributed by atoms with E-state index in [4.69, 9.17) is 4.74 Å². The fraction of sp³-hybridized carbons (Fsp3) is 0.217. The Bertz CT molecular complexity index is 1140. The number of halogens is 1. The van der Waals surface area contributed by atoms with Crippen molar-refractivity contribution in [1.29, 1.82) is 0 Å². The number of rotatable bonds is 10. The zero-order valence-electron chi connectivity index (χ0n) is 17.5. The SMILES string of the molecule is CS(=O)(=O)Nc1cc(C(O)CNCCOc2ccc(-c3ccc(F)cc3)cc2)ccc1O. The molecule has 0 fully saturated rings. The summed E-state index contributed by atoms with van der Waals surface area (Å²) in [7, 11) is -3.55. The Morgan fingerprint density at radius 2 is 1.62 bits per heavy atom. The summed E-state index contributed by atoms with van der Waals surface area (Å²) >= 11 is 0. The largest absolute Gasteiger partial charge is 0.506 e. The van der Waals surface area contributed by atoms with Crippen LogP contribution in [0.5, 0.6) is 11.5 Å². The number of ether oxygens (including phenoxy) is 1. The van der Waals surface area contributed by atoms with Gasteiger partial charge in [-0.3, -0.25) is 4.72 Å². The quantitative estimate of drug-likeness (QED) is 0.273. The molecule has 0 saturated carbocycles. The number of phenolic OH excluding ortho intramolecular Hbond substituents is 1. The van der Waals surface area contributed by atoms with Crippen LogP contribution in [0.3, 0.4) is 0 Å². The van der Waals surface area contributed by atoms with Gasteiger partial charge in [0.1, 0.15) is 23.9 Å². The van der Waals surface area contributed by atoms with Crippen LogP contribution in [0.4, 0.5) is 10.1 Å². The second-order valence-electron chi connectivity index (χ2n) is 7.25.